The molecule has 0 aromatic heterocycles. The van der Waals surface area contributed by atoms with E-state index in [9.17, 15) is 27.2 Å². The Morgan fingerprint density at radius 2 is 1.00 bits per heavy atom. The van der Waals surface area contributed by atoms with Crippen molar-refractivity contribution in [2.24, 2.45) is 0 Å². The van der Waals surface area contributed by atoms with Gasteiger partial charge in [-0.2, -0.15) is 0 Å². The first-order valence-electron chi connectivity index (χ1n) is 7.40. The Kier molecular flexibility index (Phi) is 3.43. The summed E-state index contributed by atoms with van der Waals surface area (Å²) in [7, 11) is 0. The minimum absolute atomic E-state index is 0.230. The number of hydrogen-bond donors (Lipinski definition) is 2. The molecule has 0 aliphatic carbocycles. The Morgan fingerprint density at radius 3 is 1.38 bits per heavy atom. The summed E-state index contributed by atoms with van der Waals surface area (Å²) in [6, 6.07) is 6.60. The zero-order valence-corrected chi connectivity index (χ0v) is 12.8. The SMILES string of the molecule is O=C1NC(c2cccc(F)c2F)=C2C(=O)NC(c3cccc(F)c3F)=C12. The van der Waals surface area contributed by atoms with Crippen molar-refractivity contribution in [2.75, 3.05) is 0 Å². The van der Waals surface area contributed by atoms with Crippen LogP contribution in [0, 0.1) is 23.3 Å². The van der Waals surface area contributed by atoms with Crippen LogP contribution in [0.3, 0.4) is 0 Å². The summed E-state index contributed by atoms with van der Waals surface area (Å²) in [6.45, 7) is 0. The first kappa shape index (κ1) is 16.1. The van der Waals surface area contributed by atoms with Gasteiger partial charge in [-0.15, -0.1) is 0 Å². The zero-order valence-electron chi connectivity index (χ0n) is 12.8. The van der Waals surface area contributed by atoms with Crippen LogP contribution in [-0.2, 0) is 9.59 Å². The van der Waals surface area contributed by atoms with Gasteiger partial charge < -0.3 is 10.6 Å². The minimum atomic E-state index is -1.24. The van der Waals surface area contributed by atoms with Gasteiger partial charge in [0.15, 0.2) is 23.3 Å². The number of benzene rings is 2. The third-order valence-corrected chi connectivity index (χ3v) is 4.12. The van der Waals surface area contributed by atoms with Crippen molar-refractivity contribution in [3.8, 4) is 0 Å². The van der Waals surface area contributed by atoms with Crippen molar-refractivity contribution in [3.63, 3.8) is 0 Å². The largest absolute Gasteiger partial charge is 0.320 e. The standard InChI is InChI=1S/C18H8F4N2O2/c19-9-5-1-3-7(13(9)21)15-11-12(18(26)23-15)16(24-17(11)25)8-4-2-6-10(20)14(8)22/h1-6H,(H,23,26)(H,24,25). The molecule has 2 heterocycles. The molecule has 0 spiro atoms. The lowest BCUT2D eigenvalue weighted by Crippen LogP contribution is -2.22. The molecule has 0 radical (unpaired) electrons. The number of carbonyl (C=O) groups is 2. The van der Waals surface area contributed by atoms with Gasteiger partial charge in [-0.05, 0) is 24.3 Å². The van der Waals surface area contributed by atoms with Crippen molar-refractivity contribution in [1.82, 2.24) is 10.6 Å². The molecule has 0 saturated heterocycles. The fourth-order valence-electron chi connectivity index (χ4n) is 2.98. The van der Waals surface area contributed by atoms with E-state index in [1.54, 1.807) is 0 Å². The fourth-order valence-corrected chi connectivity index (χ4v) is 2.98. The predicted molar refractivity (Wildman–Crippen MR) is 82.8 cm³/mol. The number of fused-ring (bicyclic) bond motifs is 1. The van der Waals surface area contributed by atoms with E-state index >= 15 is 0 Å². The van der Waals surface area contributed by atoms with Crippen LogP contribution < -0.4 is 10.6 Å². The molecule has 4 rings (SSSR count). The van der Waals surface area contributed by atoms with E-state index in [1.165, 1.54) is 24.3 Å². The molecule has 0 unspecified atom stereocenters. The molecule has 2 amide bonds. The molecule has 2 aliphatic rings. The molecule has 0 bridgehead atoms. The summed E-state index contributed by atoms with van der Waals surface area (Å²) in [5.74, 6) is -6.41. The van der Waals surface area contributed by atoms with Gasteiger partial charge in [0.2, 0.25) is 0 Å². The summed E-state index contributed by atoms with van der Waals surface area (Å²) in [5, 5.41) is 4.61. The maximum Gasteiger partial charge on any atom is 0.258 e. The van der Waals surface area contributed by atoms with Gasteiger partial charge in [0, 0.05) is 11.1 Å². The smallest absolute Gasteiger partial charge is 0.258 e. The Morgan fingerprint density at radius 1 is 0.615 bits per heavy atom. The number of amides is 2. The Bertz CT molecular complexity index is 987. The fraction of sp³-hybridized carbons (Fsp3) is 0. The van der Waals surface area contributed by atoms with Gasteiger partial charge in [0.25, 0.3) is 11.8 Å². The van der Waals surface area contributed by atoms with Crippen LogP contribution >= 0.6 is 0 Å². The number of carbonyl (C=O) groups excluding carboxylic acids is 2. The third-order valence-electron chi connectivity index (χ3n) is 4.12. The van der Waals surface area contributed by atoms with E-state index < -0.39 is 35.1 Å². The van der Waals surface area contributed by atoms with E-state index in [4.69, 9.17) is 0 Å². The highest BCUT2D eigenvalue weighted by Gasteiger charge is 2.42. The average Bonchev–Trinajstić information content (AvgIpc) is 3.12. The van der Waals surface area contributed by atoms with Crippen molar-refractivity contribution in [3.05, 3.63) is 81.9 Å². The monoisotopic (exact) mass is 360 g/mol. The molecule has 130 valence electrons. The maximum absolute atomic E-state index is 14.1. The van der Waals surface area contributed by atoms with Crippen LogP contribution in [0.4, 0.5) is 17.6 Å². The van der Waals surface area contributed by atoms with Gasteiger partial charge in [-0.3, -0.25) is 9.59 Å². The van der Waals surface area contributed by atoms with Crippen molar-refractivity contribution in [1.29, 1.82) is 0 Å². The highest BCUT2D eigenvalue weighted by atomic mass is 19.2. The Labute approximate surface area is 143 Å². The summed E-state index contributed by atoms with van der Waals surface area (Å²) in [4.78, 5) is 24.7. The number of hydrogen-bond acceptors (Lipinski definition) is 2. The van der Waals surface area contributed by atoms with Gasteiger partial charge >= 0.3 is 0 Å². The second-order valence-electron chi connectivity index (χ2n) is 5.61. The molecule has 0 saturated carbocycles. The summed E-state index contributed by atoms with van der Waals surface area (Å²) in [5.41, 5.74) is -1.60. The molecule has 8 heteroatoms. The molecule has 0 atom stereocenters. The van der Waals surface area contributed by atoms with Crippen molar-refractivity contribution < 1.29 is 27.2 Å². The van der Waals surface area contributed by atoms with E-state index in [1.807, 2.05) is 0 Å². The molecule has 2 aromatic carbocycles. The molecule has 26 heavy (non-hydrogen) atoms. The Hall–Kier alpha value is -3.42. The molecular weight excluding hydrogens is 352 g/mol. The number of rotatable bonds is 2. The van der Waals surface area contributed by atoms with Crippen molar-refractivity contribution >= 4 is 23.2 Å². The average molecular weight is 360 g/mol. The highest BCUT2D eigenvalue weighted by molar-refractivity contribution is 6.30. The molecule has 2 aromatic rings. The van der Waals surface area contributed by atoms with Crippen LogP contribution in [0.15, 0.2) is 47.5 Å². The van der Waals surface area contributed by atoms with Gasteiger partial charge in [-0.1, -0.05) is 12.1 Å². The summed E-state index contributed by atoms with van der Waals surface area (Å²) in [6.07, 6.45) is 0. The molecule has 4 nitrogen and oxygen atoms in total. The van der Waals surface area contributed by atoms with Gasteiger partial charge in [0.05, 0.1) is 22.5 Å². The van der Waals surface area contributed by atoms with Crippen LogP contribution in [0.25, 0.3) is 11.4 Å². The second kappa shape index (κ2) is 5.55. The van der Waals surface area contributed by atoms with E-state index in [2.05, 4.69) is 10.6 Å². The number of halogens is 4. The van der Waals surface area contributed by atoms with Crippen LogP contribution in [-0.4, -0.2) is 11.8 Å². The molecule has 2 aliphatic heterocycles. The van der Waals surface area contributed by atoms with Crippen molar-refractivity contribution in [2.45, 2.75) is 0 Å². The normalized spacial score (nSPS) is 16.2. The van der Waals surface area contributed by atoms with Gasteiger partial charge in [0.1, 0.15) is 0 Å². The molecule has 2 N–H and O–H groups in total. The second-order valence-corrected chi connectivity index (χ2v) is 5.61. The highest BCUT2D eigenvalue weighted by Crippen LogP contribution is 2.38. The van der Waals surface area contributed by atoms with E-state index in [-0.39, 0.29) is 33.7 Å². The first-order chi connectivity index (χ1) is 12.4. The lowest BCUT2D eigenvalue weighted by Gasteiger charge is -2.09. The minimum Gasteiger partial charge on any atom is -0.320 e. The lowest BCUT2D eigenvalue weighted by atomic mass is 10.0. The molecular formula is C18H8F4N2O2. The number of nitrogens with one attached hydrogen (secondary N) is 2. The zero-order chi connectivity index (χ0) is 18.6. The van der Waals surface area contributed by atoms with Crippen LogP contribution in [0.5, 0.6) is 0 Å². The summed E-state index contributed by atoms with van der Waals surface area (Å²) >= 11 is 0. The lowest BCUT2D eigenvalue weighted by molar-refractivity contribution is -0.117. The third kappa shape index (κ3) is 2.15. The predicted octanol–water partition coefficient (Wildman–Crippen LogP) is 2.63. The van der Waals surface area contributed by atoms with E-state index in [0.717, 1.165) is 12.1 Å². The Balaban J connectivity index is 1.97. The summed E-state index contributed by atoms with van der Waals surface area (Å²) < 4.78 is 55.2. The van der Waals surface area contributed by atoms with Crippen LogP contribution in [0.2, 0.25) is 0 Å². The topological polar surface area (TPSA) is 58.2 Å². The quantitative estimate of drug-likeness (QED) is 0.809. The molecule has 0 fully saturated rings. The van der Waals surface area contributed by atoms with Crippen LogP contribution in [0.1, 0.15) is 11.1 Å². The maximum atomic E-state index is 14.1. The first-order valence-corrected chi connectivity index (χ1v) is 7.40. The van der Waals surface area contributed by atoms with Gasteiger partial charge in [-0.25, -0.2) is 17.6 Å². The van der Waals surface area contributed by atoms with E-state index in [0.29, 0.717) is 0 Å².